The molecule has 1 heterocycles. The van der Waals surface area contributed by atoms with Gasteiger partial charge in [-0.25, -0.2) is 4.42 Å². The molecule has 2 aromatic rings. The third kappa shape index (κ3) is 6.59. The summed E-state index contributed by atoms with van der Waals surface area (Å²) in [4.78, 5) is 0. The summed E-state index contributed by atoms with van der Waals surface area (Å²) in [5, 5.41) is 0. The fraction of sp³-hybridized carbons (Fsp3) is 0.154. The van der Waals surface area contributed by atoms with Crippen molar-refractivity contribution in [1.82, 2.24) is 0 Å². The fourth-order valence-corrected chi connectivity index (χ4v) is 1.59. The number of aryl methyl sites for hydroxylation is 2. The highest BCUT2D eigenvalue weighted by atomic mass is 19.5. The molecule has 102 valence electrons. The molecule has 0 unspecified atom stereocenters. The topological polar surface area (TPSA) is 11.3 Å². The molecule has 0 aliphatic carbocycles. The molecule has 2 rings (SSSR count). The van der Waals surface area contributed by atoms with E-state index in [0.29, 0.717) is 0 Å². The molecule has 0 atom stereocenters. The first-order valence-corrected chi connectivity index (χ1v) is 5.60. The Labute approximate surface area is 109 Å². The van der Waals surface area contributed by atoms with E-state index in [4.69, 9.17) is 4.42 Å². The Morgan fingerprint density at radius 1 is 0.789 bits per heavy atom. The van der Waals surface area contributed by atoms with Crippen molar-refractivity contribution in [3.63, 3.8) is 0 Å². The van der Waals surface area contributed by atoms with Gasteiger partial charge in [0.25, 0.3) is 0 Å². The van der Waals surface area contributed by atoms with E-state index in [1.807, 2.05) is 32.0 Å². The maximum atomic E-state index is 9.75. The van der Waals surface area contributed by atoms with Crippen LogP contribution < -0.4 is 0 Å². The molecule has 0 radical (unpaired) electrons. The number of rotatable bonds is 1. The van der Waals surface area contributed by atoms with E-state index in [2.05, 4.69) is 24.3 Å². The van der Waals surface area contributed by atoms with Crippen LogP contribution in [0.15, 0.2) is 46.9 Å². The molecule has 0 saturated carbocycles. The maximum absolute atomic E-state index is 9.75. The van der Waals surface area contributed by atoms with Crippen LogP contribution in [-0.2, 0) is 0 Å². The lowest BCUT2D eigenvalue weighted by atomic mass is 10.1. The van der Waals surface area contributed by atoms with Gasteiger partial charge in [0.15, 0.2) is 0 Å². The summed E-state index contributed by atoms with van der Waals surface area (Å²) in [6.07, 6.45) is 0. The molecule has 1 nitrogen and oxygen atoms in total. The third-order valence-electron chi connectivity index (χ3n) is 2.15. The third-order valence-corrected chi connectivity index (χ3v) is 2.15. The molecule has 0 aliphatic heterocycles. The van der Waals surface area contributed by atoms with Gasteiger partial charge in [0.05, 0.1) is 13.8 Å². The van der Waals surface area contributed by atoms with Crippen molar-refractivity contribution in [2.75, 3.05) is 0 Å². The normalized spacial score (nSPS) is 10.6. The first kappa shape index (κ1) is 15.2. The molecule has 0 fully saturated rings. The minimum Gasteiger partial charge on any atom is -0.418 e. The average Bonchev–Trinajstić information content (AvgIpc) is 2.26. The van der Waals surface area contributed by atoms with Gasteiger partial charge in [-0.3, -0.25) is 0 Å². The van der Waals surface area contributed by atoms with Crippen molar-refractivity contribution in [2.45, 2.75) is 13.8 Å². The zero-order valence-electron chi connectivity index (χ0n) is 10.5. The van der Waals surface area contributed by atoms with E-state index >= 15 is 0 Å². The summed E-state index contributed by atoms with van der Waals surface area (Å²) in [5.41, 5.74) is 2.45. The van der Waals surface area contributed by atoms with Crippen LogP contribution in [-0.4, -0.2) is 7.25 Å². The van der Waals surface area contributed by atoms with E-state index < -0.39 is 7.25 Å². The van der Waals surface area contributed by atoms with Gasteiger partial charge in [-0.05, 0) is 11.1 Å². The molecule has 0 spiro atoms. The summed E-state index contributed by atoms with van der Waals surface area (Å²) in [5.74, 6) is 1.90. The quantitative estimate of drug-likeness (QED) is 0.397. The molecular formula is C13H13BF4O. The molecule has 0 amide bonds. The Balaban J connectivity index is 0.000000312. The van der Waals surface area contributed by atoms with Gasteiger partial charge in [0, 0.05) is 12.1 Å². The molecule has 0 N–H and O–H groups in total. The first-order valence-electron chi connectivity index (χ1n) is 5.60. The van der Waals surface area contributed by atoms with Crippen LogP contribution in [0.3, 0.4) is 0 Å². The smallest absolute Gasteiger partial charge is 0.418 e. The molecule has 1 aromatic heterocycles. The van der Waals surface area contributed by atoms with Gasteiger partial charge in [0.2, 0.25) is 0 Å². The summed E-state index contributed by atoms with van der Waals surface area (Å²) < 4.78 is 44.4. The van der Waals surface area contributed by atoms with Crippen LogP contribution in [0, 0.1) is 13.8 Å². The monoisotopic (exact) mass is 272 g/mol. The molecule has 6 heteroatoms. The van der Waals surface area contributed by atoms with Crippen molar-refractivity contribution in [2.24, 2.45) is 0 Å². The van der Waals surface area contributed by atoms with Gasteiger partial charge in [-0.1, -0.05) is 30.3 Å². The molecule has 0 aliphatic rings. The number of hydrogen-bond donors (Lipinski definition) is 0. The lowest BCUT2D eigenvalue weighted by molar-refractivity contribution is 0.368. The zero-order chi connectivity index (χ0) is 14.5. The predicted octanol–water partition coefficient (Wildman–Crippen LogP) is 5.14. The van der Waals surface area contributed by atoms with E-state index in [1.165, 1.54) is 11.1 Å². The predicted molar refractivity (Wildman–Crippen MR) is 68.2 cm³/mol. The van der Waals surface area contributed by atoms with Gasteiger partial charge >= 0.3 is 18.8 Å². The minimum atomic E-state index is -6.00. The second-order valence-corrected chi connectivity index (χ2v) is 3.93. The number of hydrogen-bond acceptors (Lipinski definition) is 0. The van der Waals surface area contributed by atoms with Crippen LogP contribution in [0.2, 0.25) is 0 Å². The van der Waals surface area contributed by atoms with Crippen LogP contribution in [0.25, 0.3) is 11.1 Å². The summed E-state index contributed by atoms with van der Waals surface area (Å²) >= 11 is 0. The van der Waals surface area contributed by atoms with Crippen LogP contribution >= 0.6 is 0 Å². The second-order valence-electron chi connectivity index (χ2n) is 3.93. The Hall–Kier alpha value is -1.85. The van der Waals surface area contributed by atoms with E-state index in [9.17, 15) is 17.3 Å². The summed E-state index contributed by atoms with van der Waals surface area (Å²) in [7, 11) is -6.00. The Bertz CT molecular complexity index is 500. The van der Waals surface area contributed by atoms with Crippen molar-refractivity contribution in [3.05, 3.63) is 54.0 Å². The van der Waals surface area contributed by atoms with Gasteiger partial charge in [0.1, 0.15) is 0 Å². The molecule has 0 bridgehead atoms. The molecule has 19 heavy (non-hydrogen) atoms. The first-order chi connectivity index (χ1) is 8.75. The molecular weight excluding hydrogens is 259 g/mol. The lowest BCUT2D eigenvalue weighted by Crippen LogP contribution is -2.02. The average molecular weight is 272 g/mol. The van der Waals surface area contributed by atoms with Crippen LogP contribution in [0.5, 0.6) is 0 Å². The van der Waals surface area contributed by atoms with Crippen molar-refractivity contribution >= 4 is 7.25 Å². The van der Waals surface area contributed by atoms with Crippen LogP contribution in [0.1, 0.15) is 11.5 Å². The Kier molecular flexibility index (Phi) is 5.09. The molecule has 1 aromatic carbocycles. The van der Waals surface area contributed by atoms with E-state index in [0.717, 1.165) is 11.5 Å². The summed E-state index contributed by atoms with van der Waals surface area (Å²) in [6, 6.07) is 14.4. The Morgan fingerprint density at radius 3 is 1.63 bits per heavy atom. The Morgan fingerprint density at radius 2 is 1.21 bits per heavy atom. The van der Waals surface area contributed by atoms with Crippen LogP contribution in [0.4, 0.5) is 17.3 Å². The highest BCUT2D eigenvalue weighted by Crippen LogP contribution is 2.21. The van der Waals surface area contributed by atoms with E-state index in [-0.39, 0.29) is 0 Å². The molecule has 0 saturated heterocycles. The summed E-state index contributed by atoms with van der Waals surface area (Å²) in [6.45, 7) is 3.94. The number of halogens is 4. The van der Waals surface area contributed by atoms with Gasteiger partial charge in [-0.2, -0.15) is 0 Å². The van der Waals surface area contributed by atoms with Gasteiger partial charge in [-0.15, -0.1) is 0 Å². The minimum absolute atomic E-state index is 0.948. The fourth-order valence-electron chi connectivity index (χ4n) is 1.59. The van der Waals surface area contributed by atoms with Crippen molar-refractivity contribution < 1.29 is 21.7 Å². The zero-order valence-corrected chi connectivity index (χ0v) is 10.5. The SMILES string of the molecule is Cc1cc(-c2ccccc2)cc(C)[o+]1.F[B-](F)(F)F. The lowest BCUT2D eigenvalue weighted by Gasteiger charge is -1.97. The largest absolute Gasteiger partial charge is 0.673 e. The van der Waals surface area contributed by atoms with Crippen molar-refractivity contribution in [3.8, 4) is 11.1 Å². The second kappa shape index (κ2) is 6.36. The standard InChI is InChI=1S/C13H13O.BF4/c1-10-8-13(9-11(2)14-10)12-6-4-3-5-7-12;2-1(3,4)5/h3-9H,1-2H3;/q+1;-1. The highest BCUT2D eigenvalue weighted by Gasteiger charge is 2.20. The number of benzene rings is 1. The maximum Gasteiger partial charge on any atom is 0.673 e. The van der Waals surface area contributed by atoms with Crippen molar-refractivity contribution in [1.29, 1.82) is 0 Å². The highest BCUT2D eigenvalue weighted by molar-refractivity contribution is 6.50. The van der Waals surface area contributed by atoms with Gasteiger partial charge < -0.3 is 17.3 Å². The van der Waals surface area contributed by atoms with E-state index in [1.54, 1.807) is 0 Å².